The Bertz CT molecular complexity index is 327. The summed E-state index contributed by atoms with van der Waals surface area (Å²) in [7, 11) is 3.92. The summed E-state index contributed by atoms with van der Waals surface area (Å²) in [5.41, 5.74) is 1.23. The first-order valence-electron chi connectivity index (χ1n) is 5.80. The van der Waals surface area contributed by atoms with Crippen molar-refractivity contribution in [3.05, 3.63) is 34.3 Å². The van der Waals surface area contributed by atoms with Crippen molar-refractivity contribution in [3.63, 3.8) is 0 Å². The van der Waals surface area contributed by atoms with E-state index in [1.165, 1.54) is 5.56 Å². The fraction of sp³-hybridized carbons (Fsp3) is 0.538. The van der Waals surface area contributed by atoms with Crippen LogP contribution in [0.1, 0.15) is 18.5 Å². The normalized spacial score (nSPS) is 14.9. The molecule has 0 aliphatic rings. The van der Waals surface area contributed by atoms with Crippen LogP contribution in [0.15, 0.2) is 28.7 Å². The van der Waals surface area contributed by atoms with Crippen molar-refractivity contribution >= 4 is 15.9 Å². The van der Waals surface area contributed by atoms with E-state index < -0.39 is 0 Å². The SMILES string of the molecule is CC(NCC(O)CN(C)C)c1ccc(Br)cc1. The van der Waals surface area contributed by atoms with Gasteiger partial charge in [0, 0.05) is 23.6 Å². The summed E-state index contributed by atoms with van der Waals surface area (Å²) in [6, 6.07) is 8.48. The summed E-state index contributed by atoms with van der Waals surface area (Å²) >= 11 is 3.42. The molecule has 0 saturated heterocycles. The maximum atomic E-state index is 9.75. The van der Waals surface area contributed by atoms with Crippen LogP contribution in [0.5, 0.6) is 0 Å². The first-order chi connectivity index (χ1) is 7.99. The third-order valence-corrected chi connectivity index (χ3v) is 3.13. The molecule has 0 radical (unpaired) electrons. The van der Waals surface area contributed by atoms with Crippen LogP contribution in [-0.4, -0.2) is 43.3 Å². The van der Waals surface area contributed by atoms with Crippen LogP contribution in [0.25, 0.3) is 0 Å². The predicted molar refractivity (Wildman–Crippen MR) is 75.1 cm³/mol. The molecule has 0 bridgehead atoms. The van der Waals surface area contributed by atoms with E-state index in [4.69, 9.17) is 0 Å². The highest BCUT2D eigenvalue weighted by Gasteiger charge is 2.09. The number of aliphatic hydroxyl groups excluding tert-OH is 1. The first kappa shape index (κ1) is 14.6. The van der Waals surface area contributed by atoms with Crippen molar-refractivity contribution in [2.75, 3.05) is 27.2 Å². The zero-order valence-corrected chi connectivity index (χ0v) is 12.2. The van der Waals surface area contributed by atoms with E-state index in [0.717, 1.165) is 4.47 Å². The summed E-state index contributed by atoms with van der Waals surface area (Å²) < 4.78 is 1.08. The second-order valence-electron chi connectivity index (χ2n) is 4.60. The summed E-state index contributed by atoms with van der Waals surface area (Å²) in [4.78, 5) is 1.98. The maximum Gasteiger partial charge on any atom is 0.0791 e. The third kappa shape index (κ3) is 5.64. The monoisotopic (exact) mass is 300 g/mol. The summed E-state index contributed by atoms with van der Waals surface area (Å²) in [5.74, 6) is 0. The van der Waals surface area contributed by atoms with Crippen LogP contribution in [0, 0.1) is 0 Å². The molecular weight excluding hydrogens is 280 g/mol. The Kier molecular flexibility index (Phi) is 6.12. The van der Waals surface area contributed by atoms with Crippen LogP contribution in [-0.2, 0) is 0 Å². The molecule has 0 saturated carbocycles. The van der Waals surface area contributed by atoms with Gasteiger partial charge in [-0.05, 0) is 38.7 Å². The number of likely N-dealkylation sites (N-methyl/N-ethyl adjacent to an activating group) is 1. The fourth-order valence-corrected chi connectivity index (χ4v) is 1.93. The molecule has 2 unspecified atom stereocenters. The molecule has 0 heterocycles. The molecule has 1 rings (SSSR count). The molecule has 2 N–H and O–H groups in total. The van der Waals surface area contributed by atoms with Crippen molar-refractivity contribution < 1.29 is 5.11 Å². The van der Waals surface area contributed by atoms with E-state index in [2.05, 4.69) is 40.3 Å². The number of aliphatic hydroxyl groups is 1. The van der Waals surface area contributed by atoms with Crippen LogP contribution < -0.4 is 5.32 Å². The Morgan fingerprint density at radius 3 is 2.41 bits per heavy atom. The summed E-state index contributed by atoms with van der Waals surface area (Å²) in [5, 5.41) is 13.1. The van der Waals surface area contributed by atoms with Gasteiger partial charge in [-0.3, -0.25) is 0 Å². The van der Waals surface area contributed by atoms with Gasteiger partial charge in [0.25, 0.3) is 0 Å². The average Bonchev–Trinajstić information content (AvgIpc) is 2.26. The van der Waals surface area contributed by atoms with Gasteiger partial charge in [0.2, 0.25) is 0 Å². The number of hydrogen-bond acceptors (Lipinski definition) is 3. The zero-order valence-electron chi connectivity index (χ0n) is 10.7. The smallest absolute Gasteiger partial charge is 0.0791 e. The van der Waals surface area contributed by atoms with Gasteiger partial charge in [-0.25, -0.2) is 0 Å². The zero-order chi connectivity index (χ0) is 12.8. The highest BCUT2D eigenvalue weighted by atomic mass is 79.9. The molecule has 0 aliphatic carbocycles. The lowest BCUT2D eigenvalue weighted by Gasteiger charge is -2.20. The number of benzene rings is 1. The standard InChI is InChI=1S/C13H21BrN2O/c1-10(11-4-6-12(14)7-5-11)15-8-13(17)9-16(2)3/h4-7,10,13,15,17H,8-9H2,1-3H3. The topological polar surface area (TPSA) is 35.5 Å². The number of nitrogens with zero attached hydrogens (tertiary/aromatic N) is 1. The van der Waals surface area contributed by atoms with Crippen LogP contribution in [0.4, 0.5) is 0 Å². The highest BCUT2D eigenvalue weighted by molar-refractivity contribution is 9.10. The second kappa shape index (κ2) is 7.11. The lowest BCUT2D eigenvalue weighted by Crippen LogP contribution is -2.36. The van der Waals surface area contributed by atoms with Crippen molar-refractivity contribution in [1.82, 2.24) is 10.2 Å². The lowest BCUT2D eigenvalue weighted by molar-refractivity contribution is 0.132. The fourth-order valence-electron chi connectivity index (χ4n) is 1.67. The predicted octanol–water partition coefficient (Wildman–Crippen LogP) is 2.02. The number of halogens is 1. The molecule has 2 atom stereocenters. The summed E-state index contributed by atoms with van der Waals surface area (Å²) in [6.45, 7) is 3.39. The first-order valence-corrected chi connectivity index (χ1v) is 6.60. The van der Waals surface area contributed by atoms with E-state index in [1.807, 2.05) is 31.1 Å². The maximum absolute atomic E-state index is 9.75. The molecule has 0 spiro atoms. The second-order valence-corrected chi connectivity index (χ2v) is 5.51. The molecule has 3 nitrogen and oxygen atoms in total. The Labute approximate surface area is 112 Å². The van der Waals surface area contributed by atoms with Gasteiger partial charge in [0.05, 0.1) is 6.10 Å². The Morgan fingerprint density at radius 1 is 1.29 bits per heavy atom. The van der Waals surface area contributed by atoms with Gasteiger partial charge < -0.3 is 15.3 Å². The third-order valence-electron chi connectivity index (χ3n) is 2.61. The number of nitrogens with one attached hydrogen (secondary N) is 1. The number of rotatable bonds is 6. The highest BCUT2D eigenvalue weighted by Crippen LogP contribution is 2.16. The number of hydrogen-bond donors (Lipinski definition) is 2. The Balaban J connectivity index is 2.39. The minimum atomic E-state index is -0.331. The van der Waals surface area contributed by atoms with Crippen LogP contribution in [0.2, 0.25) is 0 Å². The van der Waals surface area contributed by atoms with Gasteiger partial charge in [-0.15, -0.1) is 0 Å². The average molecular weight is 301 g/mol. The molecule has 0 fully saturated rings. The Morgan fingerprint density at radius 2 is 1.88 bits per heavy atom. The minimum Gasteiger partial charge on any atom is -0.390 e. The van der Waals surface area contributed by atoms with Crippen LogP contribution >= 0.6 is 15.9 Å². The molecule has 0 aromatic heterocycles. The van der Waals surface area contributed by atoms with Crippen molar-refractivity contribution in [2.24, 2.45) is 0 Å². The van der Waals surface area contributed by atoms with Crippen molar-refractivity contribution in [3.8, 4) is 0 Å². The Hall–Kier alpha value is -0.420. The molecule has 0 aliphatic heterocycles. The van der Waals surface area contributed by atoms with Gasteiger partial charge in [0.1, 0.15) is 0 Å². The van der Waals surface area contributed by atoms with Gasteiger partial charge in [-0.2, -0.15) is 0 Å². The minimum absolute atomic E-state index is 0.250. The molecule has 1 aromatic rings. The molecule has 96 valence electrons. The van der Waals surface area contributed by atoms with Crippen molar-refractivity contribution in [1.29, 1.82) is 0 Å². The molecule has 4 heteroatoms. The molecule has 0 amide bonds. The van der Waals surface area contributed by atoms with E-state index >= 15 is 0 Å². The van der Waals surface area contributed by atoms with E-state index in [0.29, 0.717) is 13.1 Å². The molecule has 17 heavy (non-hydrogen) atoms. The quantitative estimate of drug-likeness (QED) is 0.844. The molecule has 1 aromatic carbocycles. The molecular formula is C13H21BrN2O. The van der Waals surface area contributed by atoms with E-state index in [-0.39, 0.29) is 12.1 Å². The van der Waals surface area contributed by atoms with Gasteiger partial charge in [-0.1, -0.05) is 28.1 Å². The lowest BCUT2D eigenvalue weighted by atomic mass is 10.1. The van der Waals surface area contributed by atoms with Gasteiger partial charge in [0.15, 0.2) is 0 Å². The van der Waals surface area contributed by atoms with Gasteiger partial charge >= 0.3 is 0 Å². The summed E-state index contributed by atoms with van der Waals surface area (Å²) in [6.07, 6.45) is -0.331. The van der Waals surface area contributed by atoms with Crippen molar-refractivity contribution in [2.45, 2.75) is 19.1 Å². The van der Waals surface area contributed by atoms with Crippen LogP contribution in [0.3, 0.4) is 0 Å². The largest absolute Gasteiger partial charge is 0.390 e. The van der Waals surface area contributed by atoms with E-state index in [1.54, 1.807) is 0 Å². The van der Waals surface area contributed by atoms with E-state index in [9.17, 15) is 5.11 Å².